The maximum atomic E-state index is 13.3. The Morgan fingerprint density at radius 2 is 1.65 bits per heavy atom. The molecule has 2 rings (SSSR count). The maximum Gasteiger partial charge on any atom is 0.573 e. The van der Waals surface area contributed by atoms with Crippen LogP contribution in [-0.2, 0) is 0 Å². The Morgan fingerprint density at radius 3 is 2.17 bits per heavy atom. The van der Waals surface area contributed by atoms with Crippen LogP contribution in [0.4, 0.5) is 23.2 Å². The third kappa shape index (κ3) is 4.64. The molecule has 0 unspecified atom stereocenters. The number of aromatic hydroxyl groups is 1. The van der Waals surface area contributed by atoms with Gasteiger partial charge in [-0.1, -0.05) is 12.1 Å². The Balaban J connectivity index is 0.00000264. The van der Waals surface area contributed by atoms with Gasteiger partial charge in [-0.3, -0.25) is 0 Å². The molecule has 0 bridgehead atoms. The molecule has 0 aromatic heterocycles. The minimum atomic E-state index is -4.79. The van der Waals surface area contributed by atoms with Crippen LogP contribution >= 0.6 is 12.4 Å². The Bertz CT molecular complexity index is 678. The summed E-state index contributed by atoms with van der Waals surface area (Å²) in [5.74, 6) is -1.46. The molecule has 5 N–H and O–H groups in total. The Morgan fingerprint density at radius 1 is 1.09 bits per heavy atom. The first-order valence-electron chi connectivity index (χ1n) is 6.06. The highest BCUT2D eigenvalue weighted by Crippen LogP contribution is 2.34. The average molecular weight is 353 g/mol. The molecule has 0 aliphatic heterocycles. The third-order valence-electron chi connectivity index (χ3n) is 2.94. The van der Waals surface area contributed by atoms with Crippen molar-refractivity contribution < 1.29 is 27.4 Å². The monoisotopic (exact) mass is 352 g/mol. The fourth-order valence-corrected chi connectivity index (χ4v) is 1.94. The zero-order valence-corrected chi connectivity index (χ0v) is 12.3. The minimum Gasteiger partial charge on any atom is -0.505 e. The van der Waals surface area contributed by atoms with Crippen molar-refractivity contribution in [3.63, 3.8) is 0 Å². The predicted octanol–water partition coefficient (Wildman–Crippen LogP) is 3.48. The molecule has 0 saturated heterocycles. The molecule has 2 aromatic carbocycles. The number of hydrogen-bond donors (Lipinski definition) is 3. The van der Waals surface area contributed by atoms with E-state index in [9.17, 15) is 22.7 Å². The number of nitrogens with two attached hydrogens (primary N) is 2. The molecule has 0 fully saturated rings. The van der Waals surface area contributed by atoms with E-state index in [-0.39, 0.29) is 29.4 Å². The van der Waals surface area contributed by atoms with Crippen LogP contribution in [0.5, 0.6) is 11.5 Å². The highest BCUT2D eigenvalue weighted by molar-refractivity contribution is 5.85. The molecule has 0 heterocycles. The lowest BCUT2D eigenvalue weighted by Crippen LogP contribution is -2.17. The summed E-state index contributed by atoms with van der Waals surface area (Å²) in [6.45, 7) is 0. The zero-order chi connectivity index (χ0) is 16.5. The lowest BCUT2D eigenvalue weighted by molar-refractivity contribution is -0.274. The Hall–Kier alpha value is -2.19. The van der Waals surface area contributed by atoms with E-state index >= 15 is 0 Å². The van der Waals surface area contributed by atoms with E-state index in [1.165, 1.54) is 12.1 Å². The topological polar surface area (TPSA) is 81.5 Å². The SMILES string of the molecule is Cl.Nc1cc(F)cc([C@@H](N)c2ccc(OC(F)(F)F)cc2)c1O. The second-order valence-electron chi connectivity index (χ2n) is 4.53. The molecule has 1 atom stereocenters. The van der Waals surface area contributed by atoms with Gasteiger partial charge in [-0.2, -0.15) is 0 Å². The van der Waals surface area contributed by atoms with Crippen molar-refractivity contribution in [2.75, 3.05) is 5.73 Å². The summed E-state index contributed by atoms with van der Waals surface area (Å²) in [5, 5.41) is 9.82. The van der Waals surface area contributed by atoms with Gasteiger partial charge in [0.25, 0.3) is 0 Å². The fourth-order valence-electron chi connectivity index (χ4n) is 1.94. The number of anilines is 1. The van der Waals surface area contributed by atoms with Gasteiger partial charge in [0.05, 0.1) is 11.7 Å². The summed E-state index contributed by atoms with van der Waals surface area (Å²) in [6, 6.07) is 5.70. The molecule has 0 aliphatic rings. The Labute approximate surface area is 135 Å². The van der Waals surface area contributed by atoms with E-state index in [4.69, 9.17) is 11.5 Å². The molecule has 0 radical (unpaired) electrons. The average Bonchev–Trinajstić information content (AvgIpc) is 2.41. The lowest BCUT2D eigenvalue weighted by Gasteiger charge is -2.16. The molecule has 4 nitrogen and oxygen atoms in total. The number of halogens is 5. The van der Waals surface area contributed by atoms with Crippen molar-refractivity contribution in [1.82, 2.24) is 0 Å². The summed E-state index contributed by atoms with van der Waals surface area (Å²) >= 11 is 0. The van der Waals surface area contributed by atoms with Gasteiger partial charge in [-0.05, 0) is 23.8 Å². The first kappa shape index (κ1) is 18.9. The number of ether oxygens (including phenoxy) is 1. The van der Waals surface area contributed by atoms with Gasteiger partial charge in [0.2, 0.25) is 0 Å². The molecule has 2 aromatic rings. The van der Waals surface area contributed by atoms with Crippen LogP contribution in [0.2, 0.25) is 0 Å². The van der Waals surface area contributed by atoms with Crippen LogP contribution in [0, 0.1) is 5.82 Å². The van der Waals surface area contributed by atoms with Crippen molar-refractivity contribution in [3.05, 3.63) is 53.3 Å². The third-order valence-corrected chi connectivity index (χ3v) is 2.94. The van der Waals surface area contributed by atoms with Crippen molar-refractivity contribution in [1.29, 1.82) is 0 Å². The second-order valence-corrected chi connectivity index (χ2v) is 4.53. The van der Waals surface area contributed by atoms with Crippen molar-refractivity contribution in [2.24, 2.45) is 5.73 Å². The van der Waals surface area contributed by atoms with Crippen LogP contribution in [0.3, 0.4) is 0 Å². The number of phenolic OH excluding ortho intramolecular Hbond substituents is 1. The lowest BCUT2D eigenvalue weighted by atomic mass is 9.98. The number of rotatable bonds is 3. The fraction of sp³-hybridized carbons (Fsp3) is 0.143. The quantitative estimate of drug-likeness (QED) is 0.449. The predicted molar refractivity (Wildman–Crippen MR) is 78.9 cm³/mol. The van der Waals surface area contributed by atoms with Crippen LogP contribution in [-0.4, -0.2) is 11.5 Å². The van der Waals surface area contributed by atoms with Gasteiger partial charge < -0.3 is 21.3 Å². The highest BCUT2D eigenvalue weighted by Gasteiger charge is 2.31. The van der Waals surface area contributed by atoms with Crippen molar-refractivity contribution in [2.45, 2.75) is 12.4 Å². The molecule has 0 aliphatic carbocycles. The summed E-state index contributed by atoms with van der Waals surface area (Å²) in [7, 11) is 0. The molecule has 0 spiro atoms. The molecular formula is C14H13ClF4N2O2. The molecule has 9 heteroatoms. The number of alkyl halides is 3. The van der Waals surface area contributed by atoms with Crippen LogP contribution in [0.1, 0.15) is 17.2 Å². The van der Waals surface area contributed by atoms with Crippen LogP contribution < -0.4 is 16.2 Å². The highest BCUT2D eigenvalue weighted by atomic mass is 35.5. The van der Waals surface area contributed by atoms with Gasteiger partial charge in [0, 0.05) is 11.6 Å². The van der Waals surface area contributed by atoms with Crippen molar-refractivity contribution in [3.8, 4) is 11.5 Å². The van der Waals surface area contributed by atoms with Gasteiger partial charge in [0.1, 0.15) is 17.3 Å². The number of phenols is 1. The van der Waals surface area contributed by atoms with Crippen molar-refractivity contribution >= 4 is 18.1 Å². The largest absolute Gasteiger partial charge is 0.573 e. The molecule has 0 amide bonds. The van der Waals surface area contributed by atoms with E-state index < -0.39 is 24.0 Å². The number of benzene rings is 2. The van der Waals surface area contributed by atoms with E-state index in [0.29, 0.717) is 5.56 Å². The van der Waals surface area contributed by atoms with E-state index in [2.05, 4.69) is 4.74 Å². The van der Waals surface area contributed by atoms with E-state index in [1.807, 2.05) is 0 Å². The van der Waals surface area contributed by atoms with E-state index in [1.54, 1.807) is 0 Å². The second kappa shape index (κ2) is 6.93. The summed E-state index contributed by atoms with van der Waals surface area (Å²) in [4.78, 5) is 0. The standard InChI is InChI=1S/C14H12F4N2O2.ClH/c15-8-5-10(13(21)11(19)6-8)12(20)7-1-3-9(4-2-7)22-14(16,17)18;/h1-6,12,21H,19-20H2;1H/t12-;/m0./s1. The molecule has 23 heavy (non-hydrogen) atoms. The van der Waals surface area contributed by atoms with Crippen LogP contribution in [0.15, 0.2) is 36.4 Å². The van der Waals surface area contributed by atoms with Gasteiger partial charge >= 0.3 is 6.36 Å². The minimum absolute atomic E-state index is 0. The number of hydrogen-bond acceptors (Lipinski definition) is 4. The van der Waals surface area contributed by atoms with E-state index in [0.717, 1.165) is 24.3 Å². The summed E-state index contributed by atoms with van der Waals surface area (Å²) in [6.07, 6.45) is -4.79. The maximum absolute atomic E-state index is 13.3. The smallest absolute Gasteiger partial charge is 0.505 e. The summed E-state index contributed by atoms with van der Waals surface area (Å²) in [5.41, 5.74) is 11.5. The molecular weight excluding hydrogens is 340 g/mol. The first-order valence-corrected chi connectivity index (χ1v) is 6.06. The molecule has 0 saturated carbocycles. The first-order chi connectivity index (χ1) is 10.2. The van der Waals surface area contributed by atoms with Gasteiger partial charge in [-0.15, -0.1) is 25.6 Å². The summed E-state index contributed by atoms with van der Waals surface area (Å²) < 4.78 is 53.3. The molecule has 126 valence electrons. The Kier molecular flexibility index (Phi) is 5.68. The van der Waals surface area contributed by atoms with Crippen LogP contribution in [0.25, 0.3) is 0 Å². The zero-order valence-electron chi connectivity index (χ0n) is 11.5. The van der Waals surface area contributed by atoms with Gasteiger partial charge in [0.15, 0.2) is 0 Å². The number of nitrogen functional groups attached to an aromatic ring is 1. The normalized spacial score (nSPS) is 12.4. The van der Waals surface area contributed by atoms with Gasteiger partial charge in [-0.25, -0.2) is 4.39 Å².